The Balaban J connectivity index is 1.85. The Bertz CT molecular complexity index is 213. The fraction of sp³-hybridized carbons (Fsp3) is 1.00. The average molecular weight is 183 g/mol. The van der Waals surface area contributed by atoms with Crippen LogP contribution in [0.2, 0.25) is 0 Å². The van der Waals surface area contributed by atoms with Crippen LogP contribution in [-0.2, 0) is 9.47 Å². The Morgan fingerprint density at radius 2 is 2.00 bits per heavy atom. The highest BCUT2D eigenvalue weighted by molar-refractivity contribution is 4.99. The fourth-order valence-corrected chi connectivity index (χ4v) is 3.14. The van der Waals surface area contributed by atoms with Crippen LogP contribution in [0.5, 0.6) is 0 Å². The molecule has 13 heavy (non-hydrogen) atoms. The zero-order chi connectivity index (χ0) is 8.89. The first kappa shape index (κ1) is 8.21. The van der Waals surface area contributed by atoms with E-state index in [1.54, 1.807) is 0 Å². The van der Waals surface area contributed by atoms with Crippen LogP contribution in [0, 0.1) is 5.92 Å². The lowest BCUT2D eigenvalue weighted by molar-refractivity contribution is -0.247. The summed E-state index contributed by atoms with van der Waals surface area (Å²) in [7, 11) is 2.22. The van der Waals surface area contributed by atoms with E-state index in [0.29, 0.717) is 12.0 Å². The predicted molar refractivity (Wildman–Crippen MR) is 48.4 cm³/mol. The van der Waals surface area contributed by atoms with Gasteiger partial charge in [-0.3, -0.25) is 0 Å². The van der Waals surface area contributed by atoms with Gasteiger partial charge < -0.3 is 14.4 Å². The Morgan fingerprint density at radius 3 is 2.54 bits per heavy atom. The molecule has 1 saturated carbocycles. The van der Waals surface area contributed by atoms with E-state index in [9.17, 15) is 0 Å². The van der Waals surface area contributed by atoms with Crippen LogP contribution in [0.4, 0.5) is 0 Å². The Morgan fingerprint density at radius 1 is 1.23 bits per heavy atom. The number of piperidine rings is 2. The molecule has 0 amide bonds. The number of nitrogens with zero attached hydrogens (tertiary/aromatic N) is 1. The number of hydrogen-bond acceptors (Lipinski definition) is 3. The molecule has 1 spiro atoms. The summed E-state index contributed by atoms with van der Waals surface area (Å²) < 4.78 is 11.6. The van der Waals surface area contributed by atoms with E-state index in [4.69, 9.17) is 9.47 Å². The fourth-order valence-electron chi connectivity index (χ4n) is 3.14. The van der Waals surface area contributed by atoms with E-state index in [1.807, 2.05) is 0 Å². The molecule has 74 valence electrons. The van der Waals surface area contributed by atoms with Gasteiger partial charge in [-0.05, 0) is 19.9 Å². The van der Waals surface area contributed by atoms with E-state index in [1.165, 1.54) is 12.8 Å². The Labute approximate surface area is 79.0 Å². The molecule has 1 aliphatic carbocycles. The molecule has 0 aromatic rings. The molecule has 2 atom stereocenters. The van der Waals surface area contributed by atoms with Crippen molar-refractivity contribution >= 4 is 0 Å². The van der Waals surface area contributed by atoms with Crippen LogP contribution in [0.3, 0.4) is 0 Å². The van der Waals surface area contributed by atoms with Gasteiger partial charge in [-0.25, -0.2) is 0 Å². The SMILES string of the molecule is CN1CC2CCC1CC21OCCO1. The summed E-state index contributed by atoms with van der Waals surface area (Å²) in [5, 5.41) is 0. The van der Waals surface area contributed by atoms with Gasteiger partial charge in [0.25, 0.3) is 0 Å². The second-order valence-electron chi connectivity index (χ2n) is 4.58. The van der Waals surface area contributed by atoms with E-state index >= 15 is 0 Å². The first-order valence-corrected chi connectivity index (χ1v) is 5.28. The monoisotopic (exact) mass is 183 g/mol. The van der Waals surface area contributed by atoms with Gasteiger partial charge in [0.15, 0.2) is 5.79 Å². The summed E-state index contributed by atoms with van der Waals surface area (Å²) in [4.78, 5) is 2.46. The number of rotatable bonds is 0. The van der Waals surface area contributed by atoms with Gasteiger partial charge in [0.05, 0.1) is 13.2 Å². The van der Waals surface area contributed by atoms with Crippen molar-refractivity contribution in [2.45, 2.75) is 31.1 Å². The molecule has 3 heteroatoms. The highest BCUT2D eigenvalue weighted by Crippen LogP contribution is 2.46. The molecule has 3 heterocycles. The molecule has 2 bridgehead atoms. The molecule has 3 nitrogen and oxygen atoms in total. The van der Waals surface area contributed by atoms with E-state index < -0.39 is 0 Å². The number of hydrogen-bond donors (Lipinski definition) is 0. The van der Waals surface area contributed by atoms with Crippen molar-refractivity contribution in [3.63, 3.8) is 0 Å². The molecule has 4 fully saturated rings. The lowest BCUT2D eigenvalue weighted by atomic mass is 9.75. The molecule has 2 unspecified atom stereocenters. The number of ether oxygens (including phenoxy) is 2. The highest BCUT2D eigenvalue weighted by atomic mass is 16.7. The molecule has 3 saturated heterocycles. The summed E-state index contributed by atoms with van der Waals surface area (Å²) in [5.74, 6) is 0.445. The highest BCUT2D eigenvalue weighted by Gasteiger charge is 2.53. The maximum Gasteiger partial charge on any atom is 0.173 e. The van der Waals surface area contributed by atoms with Gasteiger partial charge in [-0.2, -0.15) is 0 Å². The molecule has 0 aromatic carbocycles. The van der Waals surface area contributed by atoms with Gasteiger partial charge in [0.2, 0.25) is 0 Å². The van der Waals surface area contributed by atoms with Crippen LogP contribution >= 0.6 is 0 Å². The standard InChI is InChI=1S/C10H17NO2/c1-11-7-8-2-3-9(11)6-10(8)12-4-5-13-10/h8-9H,2-7H2,1H3. The minimum atomic E-state index is -0.171. The maximum absolute atomic E-state index is 5.81. The predicted octanol–water partition coefficient (Wildman–Crippen LogP) is 0.844. The van der Waals surface area contributed by atoms with Crippen LogP contribution in [0.1, 0.15) is 19.3 Å². The van der Waals surface area contributed by atoms with Crippen molar-refractivity contribution in [2.75, 3.05) is 26.8 Å². The summed E-state index contributed by atoms with van der Waals surface area (Å²) >= 11 is 0. The Hall–Kier alpha value is -0.120. The molecule has 4 aliphatic rings. The second-order valence-corrected chi connectivity index (χ2v) is 4.58. The summed E-state index contributed by atoms with van der Waals surface area (Å²) in [6.45, 7) is 2.75. The van der Waals surface area contributed by atoms with Gasteiger partial charge in [0.1, 0.15) is 0 Å². The zero-order valence-corrected chi connectivity index (χ0v) is 8.16. The van der Waals surface area contributed by atoms with Crippen LogP contribution < -0.4 is 0 Å². The van der Waals surface area contributed by atoms with Crippen LogP contribution in [-0.4, -0.2) is 43.5 Å². The summed E-state index contributed by atoms with van der Waals surface area (Å²) in [6, 6.07) is 0.697. The summed E-state index contributed by atoms with van der Waals surface area (Å²) in [6.07, 6.45) is 3.71. The zero-order valence-electron chi connectivity index (χ0n) is 8.16. The largest absolute Gasteiger partial charge is 0.347 e. The Kier molecular flexibility index (Phi) is 1.70. The maximum atomic E-state index is 5.81. The minimum absolute atomic E-state index is 0.171. The second kappa shape index (κ2) is 2.69. The molecular formula is C10H17NO2. The van der Waals surface area contributed by atoms with E-state index in [-0.39, 0.29) is 5.79 Å². The van der Waals surface area contributed by atoms with Crippen molar-refractivity contribution in [3.05, 3.63) is 0 Å². The van der Waals surface area contributed by atoms with Crippen LogP contribution in [0.25, 0.3) is 0 Å². The topological polar surface area (TPSA) is 21.7 Å². The van der Waals surface area contributed by atoms with Gasteiger partial charge in [-0.1, -0.05) is 0 Å². The van der Waals surface area contributed by atoms with Gasteiger partial charge in [-0.15, -0.1) is 0 Å². The lowest BCUT2D eigenvalue weighted by Gasteiger charge is -2.52. The average Bonchev–Trinajstić information content (AvgIpc) is 2.57. The molecular weight excluding hydrogens is 166 g/mol. The lowest BCUT2D eigenvalue weighted by Crippen LogP contribution is -2.59. The third-order valence-electron chi connectivity index (χ3n) is 3.90. The first-order valence-electron chi connectivity index (χ1n) is 5.28. The van der Waals surface area contributed by atoms with E-state index in [0.717, 1.165) is 26.2 Å². The normalized spacial score (nSPS) is 43.2. The van der Waals surface area contributed by atoms with Crippen molar-refractivity contribution in [1.82, 2.24) is 4.90 Å². The van der Waals surface area contributed by atoms with Crippen molar-refractivity contribution < 1.29 is 9.47 Å². The van der Waals surface area contributed by atoms with Gasteiger partial charge >= 0.3 is 0 Å². The van der Waals surface area contributed by atoms with Gasteiger partial charge in [0, 0.05) is 24.9 Å². The third kappa shape index (κ3) is 1.07. The van der Waals surface area contributed by atoms with Crippen LogP contribution in [0.15, 0.2) is 0 Å². The molecule has 0 aromatic heterocycles. The quantitative estimate of drug-likeness (QED) is 0.555. The van der Waals surface area contributed by atoms with Crippen molar-refractivity contribution in [2.24, 2.45) is 5.92 Å². The first-order chi connectivity index (χ1) is 6.30. The molecule has 0 radical (unpaired) electrons. The molecule has 0 N–H and O–H groups in total. The molecule has 3 aliphatic heterocycles. The van der Waals surface area contributed by atoms with Crippen molar-refractivity contribution in [3.8, 4) is 0 Å². The molecule has 4 rings (SSSR count). The number of fused-ring (bicyclic) bond motifs is 2. The third-order valence-corrected chi connectivity index (χ3v) is 3.90. The van der Waals surface area contributed by atoms with E-state index in [2.05, 4.69) is 11.9 Å². The smallest absolute Gasteiger partial charge is 0.173 e. The minimum Gasteiger partial charge on any atom is -0.347 e. The summed E-state index contributed by atoms with van der Waals surface area (Å²) in [5.41, 5.74) is 0. The van der Waals surface area contributed by atoms with Crippen molar-refractivity contribution in [1.29, 1.82) is 0 Å².